The molecule has 1 unspecified atom stereocenters. The molecule has 0 amide bonds. The van der Waals surface area contributed by atoms with E-state index in [0.29, 0.717) is 0 Å². The molecule has 2 aromatic rings. The number of nitrogens with two attached hydrogens (primary N) is 1. The fourth-order valence-corrected chi connectivity index (χ4v) is 2.77. The Morgan fingerprint density at radius 3 is 2.47 bits per heavy atom. The molecule has 0 radical (unpaired) electrons. The predicted molar refractivity (Wildman–Crippen MR) is 82.5 cm³/mol. The van der Waals surface area contributed by atoms with E-state index in [4.69, 9.17) is 17.3 Å². The smallest absolute Gasteiger partial charge is 0.0738 e. The minimum atomic E-state index is 0.0623. The van der Waals surface area contributed by atoms with Gasteiger partial charge in [-0.15, -0.1) is 0 Å². The van der Waals surface area contributed by atoms with Gasteiger partial charge in [0.25, 0.3) is 0 Å². The Morgan fingerprint density at radius 2 is 1.95 bits per heavy atom. The molecule has 102 valence electrons. The van der Waals surface area contributed by atoms with E-state index >= 15 is 0 Å². The first-order chi connectivity index (χ1) is 8.97. The quantitative estimate of drug-likeness (QED) is 0.927. The van der Waals surface area contributed by atoms with Crippen LogP contribution in [0.15, 0.2) is 28.7 Å². The van der Waals surface area contributed by atoms with Gasteiger partial charge in [0.1, 0.15) is 0 Å². The average Bonchev–Trinajstić information content (AvgIpc) is 2.59. The van der Waals surface area contributed by atoms with Crippen LogP contribution in [0.3, 0.4) is 0 Å². The third-order valence-electron chi connectivity index (χ3n) is 3.13. The van der Waals surface area contributed by atoms with Crippen LogP contribution in [0.2, 0.25) is 5.02 Å². The van der Waals surface area contributed by atoms with Crippen LogP contribution in [0.1, 0.15) is 17.0 Å². The highest BCUT2D eigenvalue weighted by atomic mass is 79.9. The Bertz CT molecular complexity index is 563. The van der Waals surface area contributed by atoms with Gasteiger partial charge in [0.2, 0.25) is 0 Å². The van der Waals surface area contributed by atoms with Gasteiger partial charge < -0.3 is 5.73 Å². The van der Waals surface area contributed by atoms with E-state index in [1.165, 1.54) is 5.56 Å². The van der Waals surface area contributed by atoms with Gasteiger partial charge in [-0.3, -0.25) is 4.68 Å². The lowest BCUT2D eigenvalue weighted by Gasteiger charge is -2.12. The van der Waals surface area contributed by atoms with Crippen molar-refractivity contribution in [3.05, 3.63) is 50.7 Å². The van der Waals surface area contributed by atoms with E-state index in [1.54, 1.807) is 0 Å². The zero-order valence-corrected chi connectivity index (χ0v) is 13.4. The van der Waals surface area contributed by atoms with Crippen LogP contribution in [0.4, 0.5) is 0 Å². The number of aryl methyl sites for hydroxylation is 2. The van der Waals surface area contributed by atoms with Crippen molar-refractivity contribution in [1.82, 2.24) is 9.78 Å². The Morgan fingerprint density at radius 1 is 1.32 bits per heavy atom. The van der Waals surface area contributed by atoms with Gasteiger partial charge in [-0.25, -0.2) is 0 Å². The molecule has 19 heavy (non-hydrogen) atoms. The molecule has 5 heteroatoms. The SMILES string of the molecule is Cc1nn(C)c(CC(N)Cc2ccc(Cl)cc2)c1Br. The van der Waals surface area contributed by atoms with E-state index in [2.05, 4.69) is 21.0 Å². The van der Waals surface area contributed by atoms with Gasteiger partial charge in [0.05, 0.1) is 15.9 Å². The highest BCUT2D eigenvalue weighted by Crippen LogP contribution is 2.22. The highest BCUT2D eigenvalue weighted by Gasteiger charge is 2.14. The molecule has 0 aliphatic rings. The van der Waals surface area contributed by atoms with Crippen LogP contribution in [-0.2, 0) is 19.9 Å². The Hall–Kier alpha value is -0.840. The monoisotopic (exact) mass is 341 g/mol. The number of hydrogen-bond donors (Lipinski definition) is 1. The second-order valence-electron chi connectivity index (χ2n) is 4.76. The number of aromatic nitrogens is 2. The summed E-state index contributed by atoms with van der Waals surface area (Å²) in [6, 6.07) is 7.89. The molecule has 1 aromatic heterocycles. The summed E-state index contributed by atoms with van der Waals surface area (Å²) in [5.74, 6) is 0. The summed E-state index contributed by atoms with van der Waals surface area (Å²) in [7, 11) is 1.95. The summed E-state index contributed by atoms with van der Waals surface area (Å²) < 4.78 is 2.95. The molecule has 1 aromatic carbocycles. The van der Waals surface area contributed by atoms with Gasteiger partial charge in [-0.1, -0.05) is 23.7 Å². The maximum Gasteiger partial charge on any atom is 0.0738 e. The predicted octanol–water partition coefficient (Wildman–Crippen LogP) is 3.26. The fourth-order valence-electron chi connectivity index (χ4n) is 2.15. The third kappa shape index (κ3) is 3.59. The van der Waals surface area contributed by atoms with E-state index in [9.17, 15) is 0 Å². The van der Waals surface area contributed by atoms with Crippen molar-refractivity contribution < 1.29 is 0 Å². The molecule has 0 fully saturated rings. The molecule has 1 heterocycles. The summed E-state index contributed by atoms with van der Waals surface area (Å²) in [6.45, 7) is 1.98. The van der Waals surface area contributed by atoms with Crippen LogP contribution < -0.4 is 5.73 Å². The lowest BCUT2D eigenvalue weighted by Crippen LogP contribution is -2.26. The molecular weight excluding hydrogens is 326 g/mol. The zero-order chi connectivity index (χ0) is 14.0. The summed E-state index contributed by atoms with van der Waals surface area (Å²) in [5, 5.41) is 5.13. The van der Waals surface area contributed by atoms with E-state index in [1.807, 2.05) is 42.9 Å². The lowest BCUT2D eigenvalue weighted by molar-refractivity contribution is 0.611. The van der Waals surface area contributed by atoms with Gasteiger partial charge >= 0.3 is 0 Å². The van der Waals surface area contributed by atoms with Crippen molar-refractivity contribution in [2.75, 3.05) is 0 Å². The molecule has 0 aliphatic carbocycles. The first-order valence-corrected chi connectivity index (χ1v) is 7.32. The number of benzene rings is 1. The molecule has 0 saturated carbocycles. The molecule has 0 aliphatic heterocycles. The van der Waals surface area contributed by atoms with Crippen molar-refractivity contribution in [1.29, 1.82) is 0 Å². The normalized spacial score (nSPS) is 12.7. The lowest BCUT2D eigenvalue weighted by atomic mass is 10.0. The third-order valence-corrected chi connectivity index (χ3v) is 4.41. The van der Waals surface area contributed by atoms with Crippen LogP contribution in [0, 0.1) is 6.92 Å². The van der Waals surface area contributed by atoms with Crippen LogP contribution in [0.5, 0.6) is 0 Å². The maximum atomic E-state index is 6.23. The van der Waals surface area contributed by atoms with Crippen LogP contribution in [0.25, 0.3) is 0 Å². The summed E-state index contributed by atoms with van der Waals surface area (Å²) >= 11 is 9.44. The second kappa shape index (κ2) is 6.07. The number of halogens is 2. The molecule has 0 bridgehead atoms. The topological polar surface area (TPSA) is 43.8 Å². The van der Waals surface area contributed by atoms with Gasteiger partial charge in [0.15, 0.2) is 0 Å². The number of nitrogens with zero attached hydrogens (tertiary/aromatic N) is 2. The van der Waals surface area contributed by atoms with Crippen molar-refractivity contribution in [2.24, 2.45) is 12.8 Å². The Kier molecular flexibility index (Phi) is 4.66. The summed E-state index contributed by atoms with van der Waals surface area (Å²) in [6.07, 6.45) is 1.62. The van der Waals surface area contributed by atoms with Gasteiger partial charge in [0, 0.05) is 24.5 Å². The molecular formula is C14H17BrClN3. The van der Waals surface area contributed by atoms with E-state index in [0.717, 1.165) is 33.7 Å². The molecule has 1 atom stereocenters. The largest absolute Gasteiger partial charge is 0.327 e. The first kappa shape index (κ1) is 14.6. The average molecular weight is 343 g/mol. The van der Waals surface area contributed by atoms with Crippen molar-refractivity contribution >= 4 is 27.5 Å². The zero-order valence-electron chi connectivity index (χ0n) is 11.0. The second-order valence-corrected chi connectivity index (χ2v) is 5.99. The van der Waals surface area contributed by atoms with Crippen LogP contribution in [-0.4, -0.2) is 15.8 Å². The minimum Gasteiger partial charge on any atom is -0.327 e. The molecule has 3 nitrogen and oxygen atoms in total. The standard InChI is InChI=1S/C14H17BrClN3/c1-9-14(15)13(19(2)18-9)8-12(17)7-10-3-5-11(16)6-4-10/h3-6,12H,7-8,17H2,1-2H3. The van der Waals surface area contributed by atoms with Crippen LogP contribution >= 0.6 is 27.5 Å². The minimum absolute atomic E-state index is 0.0623. The Balaban J connectivity index is 2.05. The van der Waals surface area contributed by atoms with Crippen molar-refractivity contribution in [3.8, 4) is 0 Å². The highest BCUT2D eigenvalue weighted by molar-refractivity contribution is 9.10. The summed E-state index contributed by atoms with van der Waals surface area (Å²) in [5.41, 5.74) is 9.56. The van der Waals surface area contributed by atoms with E-state index < -0.39 is 0 Å². The molecule has 2 rings (SSSR count). The molecule has 0 spiro atoms. The van der Waals surface area contributed by atoms with Gasteiger partial charge in [-0.2, -0.15) is 5.10 Å². The van der Waals surface area contributed by atoms with Gasteiger partial charge in [-0.05, 0) is 47.0 Å². The maximum absolute atomic E-state index is 6.23. The first-order valence-electron chi connectivity index (χ1n) is 6.15. The fraction of sp³-hybridized carbons (Fsp3) is 0.357. The van der Waals surface area contributed by atoms with Crippen molar-refractivity contribution in [2.45, 2.75) is 25.8 Å². The van der Waals surface area contributed by atoms with Crippen molar-refractivity contribution in [3.63, 3.8) is 0 Å². The molecule has 2 N–H and O–H groups in total. The Labute approximate surface area is 126 Å². The summed E-state index contributed by atoms with van der Waals surface area (Å²) in [4.78, 5) is 0. The number of rotatable bonds is 4. The van der Waals surface area contributed by atoms with E-state index in [-0.39, 0.29) is 6.04 Å². The molecule has 0 saturated heterocycles. The number of hydrogen-bond acceptors (Lipinski definition) is 2.